The number of nitrogens with one attached hydrogen (secondary N) is 2. The van der Waals surface area contributed by atoms with E-state index in [0.29, 0.717) is 14.6 Å². The van der Waals surface area contributed by atoms with Gasteiger partial charge < -0.3 is 10.4 Å². The summed E-state index contributed by atoms with van der Waals surface area (Å²) in [7, 11) is 0.428. The Kier molecular flexibility index (Phi) is 5.38. The average molecular weight is 454 g/mol. The lowest BCUT2D eigenvalue weighted by atomic mass is 10.1. The number of rotatable bonds is 4. The summed E-state index contributed by atoms with van der Waals surface area (Å²) < 4.78 is 41.9. The van der Waals surface area contributed by atoms with E-state index in [2.05, 4.69) is 30.5 Å². The van der Waals surface area contributed by atoms with Crippen molar-refractivity contribution >= 4 is 42.9 Å². The monoisotopic (exact) mass is 453 g/mol. The number of alkyl halides is 3. The van der Waals surface area contributed by atoms with E-state index in [1.54, 1.807) is 4.68 Å². The van der Waals surface area contributed by atoms with Crippen LogP contribution in [0.2, 0.25) is 5.02 Å². The summed E-state index contributed by atoms with van der Waals surface area (Å²) >= 11 is 5.95. The Morgan fingerprint density at radius 1 is 1.17 bits per heavy atom. The van der Waals surface area contributed by atoms with E-state index < -0.39 is 17.8 Å². The number of hydrogen-bond donors (Lipinski definition) is 2. The van der Waals surface area contributed by atoms with Gasteiger partial charge in [-0.1, -0.05) is 17.7 Å². The van der Waals surface area contributed by atoms with E-state index in [1.165, 1.54) is 17.7 Å². The van der Waals surface area contributed by atoms with E-state index in [9.17, 15) is 13.2 Å². The molecule has 2 N–H and O–H groups in total. The van der Waals surface area contributed by atoms with E-state index >= 15 is 0 Å². The average Bonchev–Trinajstić information content (AvgIpc) is 3.18. The van der Waals surface area contributed by atoms with E-state index in [0.717, 1.165) is 18.2 Å². The van der Waals surface area contributed by atoms with E-state index in [1.807, 2.05) is 26.0 Å². The predicted molar refractivity (Wildman–Crippen MR) is 111 cm³/mol. The molecule has 3 heterocycles. The minimum absolute atomic E-state index is 0.0526. The highest BCUT2D eigenvalue weighted by Crippen LogP contribution is 2.38. The first-order valence-electron chi connectivity index (χ1n) is 8.83. The minimum Gasteiger partial charge on any atom is -0.360 e. The molecule has 3 aromatic rings. The molecular weight excluding hydrogens is 438 g/mol. The molecule has 0 saturated heterocycles. The van der Waals surface area contributed by atoms with Gasteiger partial charge in [-0.3, -0.25) is 0 Å². The molecule has 0 radical (unpaired) electrons. The Morgan fingerprint density at radius 3 is 2.67 bits per heavy atom. The Morgan fingerprint density at radius 2 is 1.97 bits per heavy atom. The molecule has 1 aliphatic heterocycles. The highest BCUT2D eigenvalue weighted by molar-refractivity contribution is 7.41. The summed E-state index contributed by atoms with van der Waals surface area (Å²) in [6, 6.07) is 1.85. The second-order valence-corrected chi connectivity index (χ2v) is 8.34. The third kappa shape index (κ3) is 3.97. The van der Waals surface area contributed by atoms with E-state index in [-0.39, 0.29) is 21.7 Å². The molecule has 156 valence electrons. The molecule has 0 bridgehead atoms. The molecule has 0 spiro atoms. The molecule has 2 atom stereocenters. The second-order valence-electron chi connectivity index (χ2n) is 6.62. The zero-order chi connectivity index (χ0) is 21.5. The molecule has 7 nitrogen and oxygen atoms in total. The molecule has 1 aromatic carbocycles. The summed E-state index contributed by atoms with van der Waals surface area (Å²) in [6.07, 6.45) is 1.80. The van der Waals surface area contributed by atoms with Crippen molar-refractivity contribution < 1.29 is 13.2 Å². The van der Waals surface area contributed by atoms with Crippen LogP contribution in [0.5, 0.6) is 0 Å². The van der Waals surface area contributed by atoms with Crippen molar-refractivity contribution in [1.82, 2.24) is 29.8 Å². The van der Waals surface area contributed by atoms with Crippen molar-refractivity contribution in [3.8, 4) is 0 Å². The fourth-order valence-corrected chi connectivity index (χ4v) is 3.94. The number of fused-ring (bicyclic) bond motifs is 1. The third-order valence-corrected chi connectivity index (χ3v) is 5.59. The Bertz CT molecular complexity index is 1170. The van der Waals surface area contributed by atoms with Gasteiger partial charge in [0.05, 0.1) is 17.1 Å². The van der Waals surface area contributed by atoms with Crippen molar-refractivity contribution in [2.24, 2.45) is 0 Å². The number of nitrogens with zero attached hydrogens (tertiary/aromatic N) is 5. The lowest BCUT2D eigenvalue weighted by Gasteiger charge is -2.20. The van der Waals surface area contributed by atoms with Crippen LogP contribution in [0.3, 0.4) is 0 Å². The summed E-state index contributed by atoms with van der Waals surface area (Å²) in [5.41, 5.74) is -1.14. The van der Waals surface area contributed by atoms with Crippen molar-refractivity contribution in [3.63, 3.8) is 0 Å². The third-order valence-electron chi connectivity index (χ3n) is 4.43. The van der Waals surface area contributed by atoms with Gasteiger partial charge in [0.15, 0.2) is 5.82 Å². The molecule has 0 amide bonds. The SMILES string of the molecule is CC1=CC=C(n2ncnc2C(C)Nc2ncnc3c(C(F)(F)F)cc(Cl)cc23)NP1. The maximum Gasteiger partial charge on any atom is 0.418 e. The first-order chi connectivity index (χ1) is 14.2. The molecule has 2 unspecified atom stereocenters. The first kappa shape index (κ1) is 20.6. The van der Waals surface area contributed by atoms with Gasteiger partial charge in [-0.25, -0.2) is 15.0 Å². The quantitative estimate of drug-likeness (QED) is 0.543. The predicted octanol–water partition coefficient (Wildman–Crippen LogP) is 4.97. The smallest absolute Gasteiger partial charge is 0.360 e. The van der Waals surface area contributed by atoms with Crippen LogP contribution >= 0.6 is 20.3 Å². The lowest BCUT2D eigenvalue weighted by molar-refractivity contribution is -0.136. The summed E-state index contributed by atoms with van der Waals surface area (Å²) in [5, 5.41) is 12.0. The van der Waals surface area contributed by atoms with Crippen LogP contribution in [0.1, 0.15) is 31.3 Å². The molecule has 2 aromatic heterocycles. The highest BCUT2D eigenvalue weighted by Gasteiger charge is 2.34. The molecule has 1 aliphatic rings. The summed E-state index contributed by atoms with van der Waals surface area (Å²) in [5.74, 6) is 1.55. The number of aromatic nitrogens is 5. The van der Waals surface area contributed by atoms with Gasteiger partial charge in [-0.15, -0.1) is 0 Å². The van der Waals surface area contributed by atoms with Gasteiger partial charge in [0.1, 0.15) is 24.3 Å². The Labute approximate surface area is 176 Å². The molecule has 30 heavy (non-hydrogen) atoms. The normalized spacial score (nSPS) is 16.2. The Hall–Kier alpha value is -2.71. The van der Waals surface area contributed by atoms with Gasteiger partial charge in [0.25, 0.3) is 0 Å². The van der Waals surface area contributed by atoms with Crippen LogP contribution < -0.4 is 10.4 Å². The van der Waals surface area contributed by atoms with Crippen LogP contribution in [-0.2, 0) is 6.18 Å². The molecule has 0 aliphatic carbocycles. The molecule has 4 rings (SSSR count). The van der Waals surface area contributed by atoms with Crippen LogP contribution in [0.4, 0.5) is 19.0 Å². The van der Waals surface area contributed by atoms with Crippen molar-refractivity contribution in [2.45, 2.75) is 26.1 Å². The maximum atomic E-state index is 13.4. The lowest BCUT2D eigenvalue weighted by Crippen LogP contribution is -2.20. The van der Waals surface area contributed by atoms with Crippen LogP contribution in [0.15, 0.2) is 42.3 Å². The standard InChI is InChI=1S/C18H16ClF3N7P/c1-9-3-4-14(28-30-9)29-17(25-8-26-29)10(2)27-16-12-5-11(19)6-13(18(20,21)22)15(12)23-7-24-16/h3-8,10,28,30H,1-2H3,(H,23,24,27). The maximum absolute atomic E-state index is 13.4. The summed E-state index contributed by atoms with van der Waals surface area (Å²) in [4.78, 5) is 12.3. The van der Waals surface area contributed by atoms with Crippen LogP contribution in [-0.4, -0.2) is 24.7 Å². The highest BCUT2D eigenvalue weighted by atomic mass is 35.5. The van der Waals surface area contributed by atoms with Crippen molar-refractivity contribution in [1.29, 1.82) is 0 Å². The number of benzene rings is 1. The van der Waals surface area contributed by atoms with E-state index in [4.69, 9.17) is 11.6 Å². The molecular formula is C18H16ClF3N7P. The van der Waals surface area contributed by atoms with Gasteiger partial charge in [-0.2, -0.15) is 23.0 Å². The van der Waals surface area contributed by atoms with Crippen molar-refractivity contribution in [3.05, 3.63) is 58.7 Å². The van der Waals surface area contributed by atoms with Gasteiger partial charge in [0.2, 0.25) is 0 Å². The number of halogens is 4. The van der Waals surface area contributed by atoms with Gasteiger partial charge in [-0.05, 0) is 37.4 Å². The van der Waals surface area contributed by atoms with Crippen LogP contribution in [0.25, 0.3) is 16.7 Å². The largest absolute Gasteiger partial charge is 0.418 e. The minimum atomic E-state index is -4.59. The molecule has 0 saturated carbocycles. The number of anilines is 1. The zero-order valence-corrected chi connectivity index (χ0v) is 17.5. The zero-order valence-electron chi connectivity index (χ0n) is 15.8. The van der Waals surface area contributed by atoms with Gasteiger partial charge >= 0.3 is 6.18 Å². The Balaban J connectivity index is 1.71. The fraction of sp³-hybridized carbons (Fsp3) is 0.222. The number of allylic oxidation sites excluding steroid dienone is 3. The van der Waals surface area contributed by atoms with Crippen molar-refractivity contribution in [2.75, 3.05) is 5.32 Å². The second kappa shape index (κ2) is 7.85. The van der Waals surface area contributed by atoms with Crippen LogP contribution in [0, 0.1) is 0 Å². The van der Waals surface area contributed by atoms with Gasteiger partial charge in [0, 0.05) is 19.1 Å². The molecule has 0 fully saturated rings. The fourth-order valence-electron chi connectivity index (χ4n) is 3.04. The summed E-state index contributed by atoms with van der Waals surface area (Å²) in [6.45, 7) is 3.84. The topological polar surface area (TPSA) is 80.6 Å². The first-order valence-corrected chi connectivity index (χ1v) is 10.2. The number of hydrogen-bond acceptors (Lipinski definition) is 6. The molecule has 12 heteroatoms.